The highest BCUT2D eigenvalue weighted by Gasteiger charge is 2.24. The normalized spacial score (nSPS) is 22.6. The molecule has 19 heavy (non-hydrogen) atoms. The van der Waals surface area contributed by atoms with Gasteiger partial charge in [-0.25, -0.2) is 0 Å². The van der Waals surface area contributed by atoms with E-state index in [1.54, 1.807) is 7.11 Å². The third kappa shape index (κ3) is 4.49. The molecule has 4 heteroatoms. The molecule has 2 unspecified atom stereocenters. The van der Waals surface area contributed by atoms with E-state index in [2.05, 4.69) is 12.1 Å². The Morgan fingerprint density at radius 1 is 1.21 bits per heavy atom. The van der Waals surface area contributed by atoms with Crippen molar-refractivity contribution in [2.45, 2.75) is 31.5 Å². The summed E-state index contributed by atoms with van der Waals surface area (Å²) in [5.41, 5.74) is 6.84. The van der Waals surface area contributed by atoms with Gasteiger partial charge in [0.1, 0.15) is 12.4 Å². The zero-order chi connectivity index (χ0) is 13.5. The second-order valence-electron chi connectivity index (χ2n) is 4.89. The first-order valence-electron chi connectivity index (χ1n) is 6.88. The smallest absolute Gasteiger partial charge is 0.119 e. The summed E-state index contributed by atoms with van der Waals surface area (Å²) in [6.07, 6.45) is 3.40. The minimum Gasteiger partial charge on any atom is -0.491 e. The Labute approximate surface area is 114 Å². The fourth-order valence-corrected chi connectivity index (χ4v) is 2.24. The molecule has 1 heterocycles. The number of ether oxygens (including phenoxy) is 3. The number of hydrogen-bond acceptors (Lipinski definition) is 4. The molecule has 1 aromatic rings. The van der Waals surface area contributed by atoms with E-state index in [1.165, 1.54) is 5.56 Å². The van der Waals surface area contributed by atoms with Crippen molar-refractivity contribution in [2.24, 2.45) is 5.73 Å². The van der Waals surface area contributed by atoms with Crippen LogP contribution in [0.3, 0.4) is 0 Å². The average molecular weight is 265 g/mol. The third-order valence-corrected chi connectivity index (χ3v) is 3.41. The summed E-state index contributed by atoms with van der Waals surface area (Å²) in [5, 5.41) is 0. The van der Waals surface area contributed by atoms with Gasteiger partial charge in [-0.2, -0.15) is 0 Å². The quantitative estimate of drug-likeness (QED) is 0.816. The molecule has 0 saturated carbocycles. The van der Waals surface area contributed by atoms with E-state index in [4.69, 9.17) is 19.9 Å². The van der Waals surface area contributed by atoms with E-state index in [1.807, 2.05) is 12.1 Å². The molecular weight excluding hydrogens is 242 g/mol. The van der Waals surface area contributed by atoms with Gasteiger partial charge in [0.15, 0.2) is 0 Å². The maximum absolute atomic E-state index is 5.75. The van der Waals surface area contributed by atoms with Crippen molar-refractivity contribution in [3.8, 4) is 5.75 Å². The number of methoxy groups -OCH3 is 1. The third-order valence-electron chi connectivity index (χ3n) is 3.41. The molecule has 1 aliphatic heterocycles. The molecule has 1 aliphatic rings. The lowest BCUT2D eigenvalue weighted by Gasteiger charge is -2.13. The summed E-state index contributed by atoms with van der Waals surface area (Å²) >= 11 is 0. The molecular formula is C15H23NO3. The average Bonchev–Trinajstić information content (AvgIpc) is 2.92. The van der Waals surface area contributed by atoms with Crippen LogP contribution in [0.1, 0.15) is 18.4 Å². The minimum atomic E-state index is 0.182. The van der Waals surface area contributed by atoms with Crippen LogP contribution >= 0.6 is 0 Å². The lowest BCUT2D eigenvalue weighted by Crippen LogP contribution is -2.23. The first-order chi connectivity index (χ1) is 9.31. The van der Waals surface area contributed by atoms with Gasteiger partial charge in [-0.15, -0.1) is 0 Å². The molecule has 1 saturated heterocycles. The summed E-state index contributed by atoms with van der Waals surface area (Å²) < 4.78 is 16.5. The Kier molecular flexibility index (Phi) is 5.63. The fraction of sp³-hybridized carbons (Fsp3) is 0.600. The maximum atomic E-state index is 5.75. The van der Waals surface area contributed by atoms with E-state index in [-0.39, 0.29) is 12.2 Å². The van der Waals surface area contributed by atoms with E-state index in [9.17, 15) is 0 Å². The van der Waals surface area contributed by atoms with Crippen LogP contribution in [0.15, 0.2) is 24.3 Å². The first-order valence-corrected chi connectivity index (χ1v) is 6.88. The van der Waals surface area contributed by atoms with E-state index >= 15 is 0 Å². The Balaban J connectivity index is 1.74. The molecule has 4 nitrogen and oxygen atoms in total. The van der Waals surface area contributed by atoms with Gasteiger partial charge < -0.3 is 19.9 Å². The molecule has 0 aliphatic carbocycles. The molecule has 1 fully saturated rings. The Morgan fingerprint density at radius 2 is 1.95 bits per heavy atom. The fourth-order valence-electron chi connectivity index (χ4n) is 2.24. The van der Waals surface area contributed by atoms with Gasteiger partial charge in [0, 0.05) is 13.7 Å². The van der Waals surface area contributed by atoms with Crippen molar-refractivity contribution in [3.05, 3.63) is 29.8 Å². The predicted octanol–water partition coefficient (Wildman–Crippen LogP) is 1.76. The molecule has 2 atom stereocenters. The van der Waals surface area contributed by atoms with Gasteiger partial charge in [0.25, 0.3) is 0 Å². The molecule has 106 valence electrons. The molecule has 0 aromatic heterocycles. The van der Waals surface area contributed by atoms with Gasteiger partial charge in [-0.1, -0.05) is 12.1 Å². The highest BCUT2D eigenvalue weighted by atomic mass is 16.5. The highest BCUT2D eigenvalue weighted by molar-refractivity contribution is 5.27. The summed E-state index contributed by atoms with van der Waals surface area (Å²) in [5.74, 6) is 0.890. The van der Waals surface area contributed by atoms with Crippen LogP contribution < -0.4 is 10.5 Å². The van der Waals surface area contributed by atoms with Gasteiger partial charge in [-0.05, 0) is 37.0 Å². The monoisotopic (exact) mass is 265 g/mol. The standard InChI is InChI=1S/C15H23NO3/c1-17-9-8-12-2-4-13(5-3-12)18-11-15-7-6-14(10-16)19-15/h2-5,14-15H,6-11,16H2,1H3. The van der Waals surface area contributed by atoms with Crippen LogP contribution in [0.25, 0.3) is 0 Å². The van der Waals surface area contributed by atoms with Gasteiger partial charge >= 0.3 is 0 Å². The zero-order valence-electron chi connectivity index (χ0n) is 11.5. The largest absolute Gasteiger partial charge is 0.491 e. The van der Waals surface area contributed by atoms with Gasteiger partial charge in [0.05, 0.1) is 18.8 Å². The molecule has 2 rings (SSSR count). The number of benzene rings is 1. The van der Waals surface area contributed by atoms with Crippen molar-refractivity contribution >= 4 is 0 Å². The molecule has 2 N–H and O–H groups in total. The van der Waals surface area contributed by atoms with Crippen LogP contribution in [-0.2, 0) is 15.9 Å². The summed E-state index contributed by atoms with van der Waals surface area (Å²) in [6.45, 7) is 1.95. The van der Waals surface area contributed by atoms with Crippen LogP contribution in [0.4, 0.5) is 0 Å². The minimum absolute atomic E-state index is 0.182. The van der Waals surface area contributed by atoms with E-state index in [0.717, 1.165) is 31.6 Å². The molecule has 0 radical (unpaired) electrons. The Hall–Kier alpha value is -1.10. The van der Waals surface area contributed by atoms with Gasteiger partial charge in [-0.3, -0.25) is 0 Å². The Morgan fingerprint density at radius 3 is 2.58 bits per heavy atom. The maximum Gasteiger partial charge on any atom is 0.119 e. The van der Waals surface area contributed by atoms with E-state index in [0.29, 0.717) is 13.2 Å². The van der Waals surface area contributed by atoms with Crippen LogP contribution in [0.2, 0.25) is 0 Å². The SMILES string of the molecule is COCCc1ccc(OCC2CCC(CN)O2)cc1. The molecule has 0 bridgehead atoms. The molecule has 0 amide bonds. The second kappa shape index (κ2) is 7.48. The van der Waals surface area contributed by atoms with Crippen molar-refractivity contribution in [3.63, 3.8) is 0 Å². The number of hydrogen-bond donors (Lipinski definition) is 1. The van der Waals surface area contributed by atoms with E-state index < -0.39 is 0 Å². The predicted molar refractivity (Wildman–Crippen MR) is 74.5 cm³/mol. The zero-order valence-corrected chi connectivity index (χ0v) is 11.5. The lowest BCUT2D eigenvalue weighted by atomic mass is 10.1. The van der Waals surface area contributed by atoms with Crippen molar-refractivity contribution in [1.82, 2.24) is 0 Å². The summed E-state index contributed by atoms with van der Waals surface area (Å²) in [4.78, 5) is 0. The van der Waals surface area contributed by atoms with Crippen LogP contribution in [-0.4, -0.2) is 39.1 Å². The number of rotatable bonds is 7. The summed E-state index contributed by atoms with van der Waals surface area (Å²) in [7, 11) is 1.72. The first kappa shape index (κ1) is 14.3. The number of nitrogens with two attached hydrogens (primary N) is 1. The van der Waals surface area contributed by atoms with Crippen molar-refractivity contribution in [2.75, 3.05) is 26.9 Å². The van der Waals surface area contributed by atoms with Crippen LogP contribution in [0.5, 0.6) is 5.75 Å². The second-order valence-corrected chi connectivity index (χ2v) is 4.89. The molecule has 0 spiro atoms. The summed E-state index contributed by atoms with van der Waals surface area (Å²) in [6, 6.07) is 8.15. The van der Waals surface area contributed by atoms with Crippen LogP contribution in [0, 0.1) is 0 Å². The highest BCUT2D eigenvalue weighted by Crippen LogP contribution is 2.20. The van der Waals surface area contributed by atoms with Gasteiger partial charge in [0.2, 0.25) is 0 Å². The molecule has 1 aromatic carbocycles. The Bertz CT molecular complexity index is 366. The van der Waals surface area contributed by atoms with Crippen molar-refractivity contribution < 1.29 is 14.2 Å². The topological polar surface area (TPSA) is 53.7 Å². The lowest BCUT2D eigenvalue weighted by molar-refractivity contribution is 0.0222. The van der Waals surface area contributed by atoms with Crippen molar-refractivity contribution in [1.29, 1.82) is 0 Å².